The highest BCUT2D eigenvalue weighted by Gasteiger charge is 2.31. The lowest BCUT2D eigenvalue weighted by atomic mass is 10.0. The van der Waals surface area contributed by atoms with E-state index in [1.165, 1.54) is 40.7 Å². The van der Waals surface area contributed by atoms with E-state index in [0.29, 0.717) is 11.6 Å². The van der Waals surface area contributed by atoms with Crippen LogP contribution in [0, 0.1) is 5.82 Å². The lowest BCUT2D eigenvalue weighted by molar-refractivity contribution is 0.0874. The summed E-state index contributed by atoms with van der Waals surface area (Å²) in [6.07, 6.45) is 6.31. The molecule has 7 heteroatoms. The number of hydrogen-bond acceptors (Lipinski definition) is 4. The van der Waals surface area contributed by atoms with Crippen molar-refractivity contribution < 1.29 is 9.18 Å². The summed E-state index contributed by atoms with van der Waals surface area (Å²) in [5.74, 6) is -0.516. The molecule has 5 rings (SSSR count). The average molecular weight is 437 g/mol. The van der Waals surface area contributed by atoms with E-state index in [1.807, 2.05) is 5.41 Å². The summed E-state index contributed by atoms with van der Waals surface area (Å²) in [7, 11) is 0. The maximum atomic E-state index is 13.1. The molecule has 2 N–H and O–H groups in total. The number of fused-ring (bicyclic) bond motifs is 1. The van der Waals surface area contributed by atoms with Crippen molar-refractivity contribution in [2.45, 2.75) is 30.9 Å². The Morgan fingerprint density at radius 3 is 2.71 bits per heavy atom. The lowest BCUT2D eigenvalue weighted by Crippen LogP contribution is -2.49. The van der Waals surface area contributed by atoms with Gasteiger partial charge in [-0.2, -0.15) is 0 Å². The molecule has 0 aliphatic carbocycles. The lowest BCUT2D eigenvalue weighted by Gasteiger charge is -2.39. The second kappa shape index (κ2) is 8.77. The largest absolute Gasteiger partial charge is 0.361 e. The summed E-state index contributed by atoms with van der Waals surface area (Å²) >= 11 is 1.60. The fourth-order valence-corrected chi connectivity index (χ4v) is 5.34. The Morgan fingerprint density at radius 1 is 1.13 bits per heavy atom. The minimum absolute atomic E-state index is 0.122. The maximum Gasteiger partial charge on any atom is 0.253 e. The van der Waals surface area contributed by atoms with Crippen molar-refractivity contribution in [1.29, 1.82) is 0 Å². The summed E-state index contributed by atoms with van der Waals surface area (Å²) in [6.45, 7) is 3.00. The number of likely N-dealkylation sites (tertiary alicyclic amines) is 1. The van der Waals surface area contributed by atoms with Crippen molar-refractivity contribution in [2.24, 2.45) is 0 Å². The van der Waals surface area contributed by atoms with Crippen molar-refractivity contribution in [3.8, 4) is 0 Å². The molecule has 1 aromatic heterocycles. The van der Waals surface area contributed by atoms with Gasteiger partial charge in [-0.3, -0.25) is 9.69 Å². The first-order chi connectivity index (χ1) is 15.2. The molecule has 2 aliphatic rings. The summed E-state index contributed by atoms with van der Waals surface area (Å²) in [6, 6.07) is 14.5. The van der Waals surface area contributed by atoms with Crippen molar-refractivity contribution in [3.63, 3.8) is 0 Å². The minimum atomic E-state index is -0.338. The molecule has 31 heavy (non-hydrogen) atoms. The maximum absolute atomic E-state index is 13.1. The van der Waals surface area contributed by atoms with Crippen LogP contribution in [-0.2, 0) is 6.54 Å². The number of rotatable bonds is 5. The van der Waals surface area contributed by atoms with Gasteiger partial charge in [0.1, 0.15) is 5.82 Å². The number of halogens is 1. The monoisotopic (exact) mass is 436 g/mol. The predicted octanol–water partition coefficient (Wildman–Crippen LogP) is 4.51. The molecule has 3 aromatic rings. The van der Waals surface area contributed by atoms with Crippen LogP contribution >= 0.6 is 11.8 Å². The van der Waals surface area contributed by atoms with E-state index in [1.54, 1.807) is 11.8 Å². The first-order valence-electron chi connectivity index (χ1n) is 10.6. The van der Waals surface area contributed by atoms with Crippen LogP contribution in [0.25, 0.3) is 10.9 Å². The number of benzene rings is 2. The third kappa shape index (κ3) is 4.34. The molecule has 0 bridgehead atoms. The molecule has 1 fully saturated rings. The predicted molar refractivity (Wildman–Crippen MR) is 123 cm³/mol. The fraction of sp³-hybridized carbons (Fsp3) is 0.292. The Hall–Kier alpha value is -2.77. The van der Waals surface area contributed by atoms with Gasteiger partial charge >= 0.3 is 0 Å². The van der Waals surface area contributed by atoms with Crippen LogP contribution in [-0.4, -0.2) is 45.3 Å². The quantitative estimate of drug-likeness (QED) is 0.618. The van der Waals surface area contributed by atoms with Crippen molar-refractivity contribution >= 4 is 28.6 Å². The van der Waals surface area contributed by atoms with E-state index in [4.69, 9.17) is 0 Å². The molecule has 0 radical (unpaired) electrons. The average Bonchev–Trinajstić information content (AvgIpc) is 3.42. The third-order valence-electron chi connectivity index (χ3n) is 6.12. The van der Waals surface area contributed by atoms with Gasteiger partial charge in [0.15, 0.2) is 5.50 Å². The molecular weight excluding hydrogens is 411 g/mol. The number of piperidine rings is 1. The molecular formula is C24H25FN4OS. The highest BCUT2D eigenvalue weighted by molar-refractivity contribution is 8.02. The zero-order valence-corrected chi connectivity index (χ0v) is 17.9. The fourth-order valence-electron chi connectivity index (χ4n) is 4.43. The van der Waals surface area contributed by atoms with Crippen LogP contribution in [0.5, 0.6) is 0 Å². The smallest absolute Gasteiger partial charge is 0.253 e. The first-order valence-corrected chi connectivity index (χ1v) is 11.5. The topological polar surface area (TPSA) is 51.4 Å². The highest BCUT2D eigenvalue weighted by atomic mass is 32.2. The third-order valence-corrected chi connectivity index (χ3v) is 7.02. The molecule has 2 aromatic carbocycles. The number of hydrogen-bond donors (Lipinski definition) is 2. The van der Waals surface area contributed by atoms with Crippen LogP contribution in [0.15, 0.2) is 66.3 Å². The Bertz CT molecular complexity index is 1090. The summed E-state index contributed by atoms with van der Waals surface area (Å²) < 4.78 is 13.1. The number of amides is 1. The standard InChI is InChI=1S/C24H25FN4OS/c25-19-7-5-17(6-8-19)23(30)27-24-29(13-14-31-24)20-9-11-28(12-10-20)16-18-15-26-22-4-2-1-3-21(18)22/h1-8,13-15,20,24,26H,9-12,16H2,(H,27,30). The summed E-state index contributed by atoms with van der Waals surface area (Å²) in [4.78, 5) is 20.7. The number of carbonyl (C=O) groups is 1. The van der Waals surface area contributed by atoms with Gasteiger partial charge in [0.25, 0.3) is 5.91 Å². The molecule has 1 unspecified atom stereocenters. The normalized spacial score (nSPS) is 19.9. The van der Waals surface area contributed by atoms with E-state index < -0.39 is 0 Å². The molecule has 160 valence electrons. The Labute approximate surface area is 185 Å². The van der Waals surface area contributed by atoms with E-state index in [2.05, 4.69) is 56.8 Å². The van der Waals surface area contributed by atoms with Gasteiger partial charge in [0.2, 0.25) is 0 Å². The number of para-hydroxylation sites is 1. The number of aromatic amines is 1. The van der Waals surface area contributed by atoms with E-state index in [9.17, 15) is 9.18 Å². The van der Waals surface area contributed by atoms with Crippen LogP contribution in [0.2, 0.25) is 0 Å². The Kier molecular flexibility index (Phi) is 5.70. The van der Waals surface area contributed by atoms with Gasteiger partial charge in [-0.25, -0.2) is 4.39 Å². The zero-order chi connectivity index (χ0) is 21.2. The Morgan fingerprint density at radius 2 is 1.90 bits per heavy atom. The Balaban J connectivity index is 1.17. The van der Waals surface area contributed by atoms with E-state index in [-0.39, 0.29) is 17.2 Å². The number of aromatic nitrogens is 1. The molecule has 1 atom stereocenters. The summed E-state index contributed by atoms with van der Waals surface area (Å²) in [5.41, 5.74) is 2.88. The van der Waals surface area contributed by atoms with Crippen molar-refractivity contribution in [2.75, 3.05) is 13.1 Å². The highest BCUT2D eigenvalue weighted by Crippen LogP contribution is 2.30. The number of nitrogens with zero attached hydrogens (tertiary/aromatic N) is 2. The molecule has 1 saturated heterocycles. The number of nitrogens with one attached hydrogen (secondary N) is 2. The molecule has 0 spiro atoms. The molecule has 0 saturated carbocycles. The van der Waals surface area contributed by atoms with Crippen LogP contribution in [0.4, 0.5) is 4.39 Å². The van der Waals surface area contributed by atoms with Crippen molar-refractivity contribution in [1.82, 2.24) is 20.1 Å². The SMILES string of the molecule is O=C(NC1SC=CN1C1CCN(Cc2c[nH]c3ccccc23)CC1)c1ccc(F)cc1. The van der Waals surface area contributed by atoms with Crippen LogP contribution in [0.3, 0.4) is 0 Å². The number of carbonyl (C=O) groups excluding carboxylic acids is 1. The van der Waals surface area contributed by atoms with Gasteiger partial charge in [0.05, 0.1) is 0 Å². The molecule has 2 aliphatic heterocycles. The van der Waals surface area contributed by atoms with Crippen molar-refractivity contribution in [3.05, 3.63) is 83.3 Å². The van der Waals surface area contributed by atoms with Gasteiger partial charge in [-0.05, 0) is 54.1 Å². The second-order valence-corrected chi connectivity index (χ2v) is 9.06. The zero-order valence-electron chi connectivity index (χ0n) is 17.1. The van der Waals surface area contributed by atoms with Gasteiger partial charge < -0.3 is 15.2 Å². The van der Waals surface area contributed by atoms with Crippen LogP contribution < -0.4 is 5.32 Å². The van der Waals surface area contributed by atoms with E-state index >= 15 is 0 Å². The van der Waals surface area contributed by atoms with Gasteiger partial charge in [-0.15, -0.1) is 0 Å². The molecule has 5 nitrogen and oxygen atoms in total. The van der Waals surface area contributed by atoms with Gasteiger partial charge in [-0.1, -0.05) is 30.0 Å². The number of H-pyrrole nitrogens is 1. The summed E-state index contributed by atoms with van der Waals surface area (Å²) in [5, 5.41) is 6.41. The number of thioether (sulfide) groups is 1. The molecule has 1 amide bonds. The van der Waals surface area contributed by atoms with Crippen LogP contribution in [0.1, 0.15) is 28.8 Å². The molecule has 3 heterocycles. The van der Waals surface area contributed by atoms with E-state index in [0.717, 1.165) is 32.5 Å². The minimum Gasteiger partial charge on any atom is -0.361 e. The second-order valence-electron chi connectivity index (χ2n) is 8.07. The van der Waals surface area contributed by atoms with Gasteiger partial charge in [0, 0.05) is 54.5 Å². The first kappa shape index (κ1) is 20.2.